The van der Waals surface area contributed by atoms with Crippen molar-refractivity contribution in [1.29, 1.82) is 5.26 Å². The summed E-state index contributed by atoms with van der Waals surface area (Å²) in [7, 11) is 0. The van der Waals surface area contributed by atoms with E-state index in [1.165, 1.54) is 11.3 Å². The highest BCUT2D eigenvalue weighted by molar-refractivity contribution is 7.18. The highest BCUT2D eigenvalue weighted by atomic mass is 32.1. The minimum Gasteiger partial charge on any atom is -0.292 e. The van der Waals surface area contributed by atoms with Gasteiger partial charge in [-0.2, -0.15) is 5.26 Å². The Morgan fingerprint density at radius 1 is 1.04 bits per heavy atom. The SMILES string of the molecule is N#C[C@H](C(=O)c1cccc2ncccc12)c1nc2ccccc2s1. The zero-order valence-electron chi connectivity index (χ0n) is 12.5. The average Bonchev–Trinajstić information content (AvgIpc) is 3.05. The number of pyridine rings is 1. The van der Waals surface area contributed by atoms with E-state index in [9.17, 15) is 10.1 Å². The van der Waals surface area contributed by atoms with E-state index in [0.717, 1.165) is 21.1 Å². The van der Waals surface area contributed by atoms with Crippen molar-refractivity contribution in [3.8, 4) is 6.07 Å². The first-order chi connectivity index (χ1) is 11.8. The average molecular weight is 329 g/mol. The van der Waals surface area contributed by atoms with E-state index in [-0.39, 0.29) is 5.78 Å². The van der Waals surface area contributed by atoms with Crippen molar-refractivity contribution in [1.82, 2.24) is 9.97 Å². The Bertz CT molecular complexity index is 1070. The van der Waals surface area contributed by atoms with Gasteiger partial charge >= 0.3 is 0 Å². The Balaban J connectivity index is 1.83. The van der Waals surface area contributed by atoms with Gasteiger partial charge in [0.2, 0.25) is 0 Å². The normalized spacial score (nSPS) is 12.1. The van der Waals surface area contributed by atoms with Gasteiger partial charge in [-0.1, -0.05) is 30.3 Å². The molecule has 0 bridgehead atoms. The summed E-state index contributed by atoms with van der Waals surface area (Å²) in [5, 5.41) is 10.9. The predicted molar refractivity (Wildman–Crippen MR) is 94.0 cm³/mol. The molecule has 24 heavy (non-hydrogen) atoms. The smallest absolute Gasteiger partial charge is 0.187 e. The van der Waals surface area contributed by atoms with Crippen molar-refractivity contribution in [2.24, 2.45) is 0 Å². The van der Waals surface area contributed by atoms with E-state index in [4.69, 9.17) is 0 Å². The van der Waals surface area contributed by atoms with Crippen LogP contribution in [0, 0.1) is 11.3 Å². The summed E-state index contributed by atoms with van der Waals surface area (Å²) in [5.74, 6) is -1.15. The van der Waals surface area contributed by atoms with Crippen molar-refractivity contribution in [3.63, 3.8) is 0 Å². The number of Topliss-reactive ketones (excluding diaryl/α,β-unsaturated/α-hetero) is 1. The first-order valence-corrected chi connectivity index (χ1v) is 8.22. The molecule has 0 aliphatic carbocycles. The van der Waals surface area contributed by atoms with Crippen LogP contribution in [0.15, 0.2) is 60.8 Å². The fourth-order valence-electron chi connectivity index (χ4n) is 2.71. The van der Waals surface area contributed by atoms with Crippen molar-refractivity contribution < 1.29 is 4.79 Å². The van der Waals surface area contributed by atoms with Crippen LogP contribution in [0.25, 0.3) is 21.1 Å². The molecule has 2 aromatic carbocycles. The van der Waals surface area contributed by atoms with Crippen molar-refractivity contribution in [3.05, 3.63) is 71.4 Å². The van der Waals surface area contributed by atoms with E-state index >= 15 is 0 Å². The summed E-state index contributed by atoms with van der Waals surface area (Å²) in [6, 6.07) is 18.8. The lowest BCUT2D eigenvalue weighted by atomic mass is 9.96. The summed E-state index contributed by atoms with van der Waals surface area (Å²) in [6.07, 6.45) is 1.69. The number of nitriles is 1. The molecule has 0 aliphatic rings. The van der Waals surface area contributed by atoms with Crippen molar-refractivity contribution in [2.45, 2.75) is 5.92 Å². The number of rotatable bonds is 3. The van der Waals surface area contributed by atoms with Crippen LogP contribution in [-0.2, 0) is 0 Å². The zero-order chi connectivity index (χ0) is 16.5. The van der Waals surface area contributed by atoms with Crippen LogP contribution in [0.3, 0.4) is 0 Å². The molecule has 0 spiro atoms. The third-order valence-electron chi connectivity index (χ3n) is 3.86. The number of fused-ring (bicyclic) bond motifs is 2. The first kappa shape index (κ1) is 14.5. The van der Waals surface area contributed by atoms with Gasteiger partial charge in [0.05, 0.1) is 21.8 Å². The summed E-state index contributed by atoms with van der Waals surface area (Å²) in [4.78, 5) is 21.7. The molecule has 4 rings (SSSR count). The Morgan fingerprint density at radius 3 is 2.71 bits per heavy atom. The van der Waals surface area contributed by atoms with Crippen LogP contribution >= 0.6 is 11.3 Å². The third-order valence-corrected chi connectivity index (χ3v) is 4.96. The van der Waals surface area contributed by atoms with Crippen molar-refractivity contribution >= 4 is 38.2 Å². The maximum absolute atomic E-state index is 13.0. The van der Waals surface area contributed by atoms with Gasteiger partial charge in [-0.15, -0.1) is 11.3 Å². The second kappa shape index (κ2) is 5.84. The number of hydrogen-bond acceptors (Lipinski definition) is 5. The summed E-state index contributed by atoms with van der Waals surface area (Å²) >= 11 is 1.39. The number of aromatic nitrogens is 2. The standard InChI is InChI=1S/C19H11N3OS/c20-11-14(19-22-16-7-1-2-9-17(16)24-19)18(23)13-5-3-8-15-12(13)6-4-10-21-15/h1-10,14H/t14-/m1/s1. The topological polar surface area (TPSA) is 66.6 Å². The number of para-hydroxylation sites is 1. The number of carbonyl (C=O) groups is 1. The van der Waals surface area contributed by atoms with Gasteiger partial charge in [0.25, 0.3) is 0 Å². The first-order valence-electron chi connectivity index (χ1n) is 7.41. The maximum atomic E-state index is 13.0. The fraction of sp³-hybridized carbons (Fsp3) is 0.0526. The van der Waals surface area contributed by atoms with Crippen LogP contribution in [0.1, 0.15) is 21.3 Å². The Hall–Kier alpha value is -3.10. The summed E-state index contributed by atoms with van der Waals surface area (Å²) in [6.45, 7) is 0. The van der Waals surface area contributed by atoms with Gasteiger partial charge in [0, 0.05) is 17.1 Å². The molecule has 0 saturated carbocycles. The van der Waals surface area contributed by atoms with Gasteiger partial charge in [0.1, 0.15) is 5.01 Å². The molecule has 0 saturated heterocycles. The monoisotopic (exact) mass is 329 g/mol. The molecular formula is C19H11N3OS. The fourth-order valence-corrected chi connectivity index (χ4v) is 3.72. The largest absolute Gasteiger partial charge is 0.292 e. The molecule has 0 N–H and O–H groups in total. The quantitative estimate of drug-likeness (QED) is 0.525. The van der Waals surface area contributed by atoms with E-state index < -0.39 is 5.92 Å². The highest BCUT2D eigenvalue weighted by Crippen LogP contribution is 2.30. The number of hydrogen-bond donors (Lipinski definition) is 0. The summed E-state index contributed by atoms with van der Waals surface area (Å²) in [5.41, 5.74) is 2.06. The second-order valence-corrected chi connectivity index (χ2v) is 6.38. The second-order valence-electron chi connectivity index (χ2n) is 5.32. The molecule has 2 aromatic heterocycles. The van der Waals surface area contributed by atoms with Crippen molar-refractivity contribution in [2.75, 3.05) is 0 Å². The van der Waals surface area contributed by atoms with E-state index in [1.54, 1.807) is 24.4 Å². The van der Waals surface area contributed by atoms with Gasteiger partial charge in [0.15, 0.2) is 11.7 Å². The molecule has 0 fully saturated rings. The molecule has 0 amide bonds. The Kier molecular flexibility index (Phi) is 3.52. The van der Waals surface area contributed by atoms with Gasteiger partial charge in [-0.05, 0) is 24.3 Å². The molecule has 0 unspecified atom stereocenters. The number of benzene rings is 2. The zero-order valence-corrected chi connectivity index (χ0v) is 13.3. The van der Waals surface area contributed by atoms with Crippen LogP contribution in [0.2, 0.25) is 0 Å². The maximum Gasteiger partial charge on any atom is 0.187 e. The van der Waals surface area contributed by atoms with Crippen LogP contribution < -0.4 is 0 Å². The number of thiazole rings is 1. The molecule has 1 atom stereocenters. The molecule has 4 aromatic rings. The minimum absolute atomic E-state index is 0.241. The van der Waals surface area contributed by atoms with E-state index in [2.05, 4.69) is 16.0 Å². The summed E-state index contributed by atoms with van der Waals surface area (Å²) < 4.78 is 0.972. The molecule has 0 aliphatic heterocycles. The molecule has 0 radical (unpaired) electrons. The molecule has 5 heteroatoms. The number of nitrogens with zero attached hydrogens (tertiary/aromatic N) is 3. The van der Waals surface area contributed by atoms with Gasteiger partial charge in [-0.3, -0.25) is 9.78 Å². The number of ketones is 1. The predicted octanol–water partition coefficient (Wildman–Crippen LogP) is 4.33. The van der Waals surface area contributed by atoms with Gasteiger partial charge in [-0.25, -0.2) is 4.98 Å². The molecule has 4 nitrogen and oxygen atoms in total. The highest BCUT2D eigenvalue weighted by Gasteiger charge is 2.26. The van der Waals surface area contributed by atoms with Crippen LogP contribution in [-0.4, -0.2) is 15.8 Å². The minimum atomic E-state index is -0.909. The third kappa shape index (κ3) is 2.34. The Labute approximate surface area is 142 Å². The van der Waals surface area contributed by atoms with Crippen LogP contribution in [0.5, 0.6) is 0 Å². The Morgan fingerprint density at radius 2 is 1.88 bits per heavy atom. The van der Waals surface area contributed by atoms with Crippen LogP contribution in [0.4, 0.5) is 0 Å². The lowest BCUT2D eigenvalue weighted by Gasteiger charge is -2.08. The molecule has 114 valence electrons. The van der Waals surface area contributed by atoms with Gasteiger partial charge < -0.3 is 0 Å². The molecule has 2 heterocycles. The van der Waals surface area contributed by atoms with E-state index in [0.29, 0.717) is 10.6 Å². The van der Waals surface area contributed by atoms with E-state index in [1.807, 2.05) is 36.4 Å². The molecular weight excluding hydrogens is 318 g/mol. The number of carbonyl (C=O) groups excluding carboxylic acids is 1. The lowest BCUT2D eigenvalue weighted by molar-refractivity contribution is 0.0980. The lowest BCUT2D eigenvalue weighted by Crippen LogP contribution is -2.11.